The molecule has 140 valence electrons. The lowest BCUT2D eigenvalue weighted by atomic mass is 10.1. The molecular formula is C19H32N4O2. The molecular weight excluding hydrogens is 316 g/mol. The van der Waals surface area contributed by atoms with E-state index in [0.29, 0.717) is 6.54 Å². The van der Waals surface area contributed by atoms with E-state index in [1.807, 2.05) is 27.8 Å². The van der Waals surface area contributed by atoms with Crippen LogP contribution in [0.2, 0.25) is 0 Å². The van der Waals surface area contributed by atoms with Gasteiger partial charge < -0.3 is 20.3 Å². The quantitative estimate of drug-likeness (QED) is 0.471. The molecule has 0 aliphatic heterocycles. The van der Waals surface area contributed by atoms with Crippen LogP contribution in [0.3, 0.4) is 0 Å². The maximum absolute atomic E-state index is 11.6. The number of amides is 1. The first kappa shape index (κ1) is 20.8. The van der Waals surface area contributed by atoms with Crippen LogP contribution in [0.5, 0.6) is 0 Å². The maximum Gasteiger partial charge on any atom is 0.407 e. The van der Waals surface area contributed by atoms with E-state index in [-0.39, 0.29) is 6.09 Å². The highest BCUT2D eigenvalue weighted by molar-refractivity contribution is 5.79. The van der Waals surface area contributed by atoms with Gasteiger partial charge in [0, 0.05) is 33.7 Å². The first-order valence-electron chi connectivity index (χ1n) is 8.65. The van der Waals surface area contributed by atoms with Crippen LogP contribution >= 0.6 is 0 Å². The van der Waals surface area contributed by atoms with Gasteiger partial charge in [-0.25, -0.2) is 4.79 Å². The minimum atomic E-state index is -0.469. The van der Waals surface area contributed by atoms with Crippen LogP contribution in [0.4, 0.5) is 4.79 Å². The maximum atomic E-state index is 11.6. The fourth-order valence-corrected chi connectivity index (χ4v) is 2.22. The van der Waals surface area contributed by atoms with Gasteiger partial charge in [-0.05, 0) is 39.7 Å². The monoisotopic (exact) mass is 348 g/mol. The molecule has 25 heavy (non-hydrogen) atoms. The summed E-state index contributed by atoms with van der Waals surface area (Å²) in [6.07, 6.45) is 0.407. The summed E-state index contributed by atoms with van der Waals surface area (Å²) in [4.78, 5) is 17.9. The third-order valence-electron chi connectivity index (χ3n) is 3.42. The zero-order valence-electron chi connectivity index (χ0n) is 16.3. The molecule has 0 heterocycles. The van der Waals surface area contributed by atoms with Gasteiger partial charge in [-0.1, -0.05) is 29.8 Å². The number of aryl methyl sites for hydroxylation is 1. The molecule has 0 unspecified atom stereocenters. The molecule has 1 amide bonds. The normalized spacial score (nSPS) is 11.8. The second-order valence-electron chi connectivity index (χ2n) is 7.10. The Kier molecular flexibility index (Phi) is 8.25. The highest BCUT2D eigenvalue weighted by Gasteiger charge is 2.15. The third kappa shape index (κ3) is 8.98. The smallest absolute Gasteiger partial charge is 0.407 e. The molecule has 0 aliphatic rings. The van der Waals surface area contributed by atoms with Gasteiger partial charge >= 0.3 is 6.09 Å². The standard InChI is InChI=1S/C19H32N4O2/c1-15-8-10-16(11-9-15)14-23(6)17(20-5)21-12-7-13-22-18(24)25-19(2,3)4/h8-11H,7,12-14H2,1-6H3,(H,20,21)(H,22,24). The minimum absolute atomic E-state index is 0.381. The Morgan fingerprint density at radius 1 is 1.16 bits per heavy atom. The summed E-state index contributed by atoms with van der Waals surface area (Å²) in [5.74, 6) is 0.831. The Labute approximate surface area is 151 Å². The largest absolute Gasteiger partial charge is 0.444 e. The SMILES string of the molecule is CN=C(NCCCNC(=O)OC(C)(C)C)N(C)Cc1ccc(C)cc1. The summed E-state index contributed by atoms with van der Waals surface area (Å²) >= 11 is 0. The van der Waals surface area contributed by atoms with Crippen LogP contribution < -0.4 is 10.6 Å². The number of alkyl carbamates (subject to hydrolysis) is 1. The van der Waals surface area contributed by atoms with Gasteiger partial charge in [-0.3, -0.25) is 4.99 Å². The van der Waals surface area contributed by atoms with Gasteiger partial charge in [0.2, 0.25) is 0 Å². The minimum Gasteiger partial charge on any atom is -0.444 e. The third-order valence-corrected chi connectivity index (χ3v) is 3.42. The summed E-state index contributed by atoms with van der Waals surface area (Å²) in [6, 6.07) is 8.48. The Morgan fingerprint density at radius 2 is 1.76 bits per heavy atom. The van der Waals surface area contributed by atoms with Crippen molar-refractivity contribution in [1.82, 2.24) is 15.5 Å². The number of hydrogen-bond donors (Lipinski definition) is 2. The molecule has 2 N–H and O–H groups in total. The number of nitrogens with zero attached hydrogens (tertiary/aromatic N) is 2. The van der Waals surface area contributed by atoms with Crippen molar-refractivity contribution in [1.29, 1.82) is 0 Å². The van der Waals surface area contributed by atoms with Crippen LogP contribution in [0.25, 0.3) is 0 Å². The summed E-state index contributed by atoms with van der Waals surface area (Å²) in [7, 11) is 3.78. The Bertz CT molecular complexity index is 562. The van der Waals surface area contributed by atoms with Crippen LogP contribution in [-0.2, 0) is 11.3 Å². The van der Waals surface area contributed by atoms with Gasteiger partial charge in [-0.2, -0.15) is 0 Å². The van der Waals surface area contributed by atoms with E-state index in [4.69, 9.17) is 4.74 Å². The molecule has 1 rings (SSSR count). The van der Waals surface area contributed by atoms with Crippen LogP contribution in [0.1, 0.15) is 38.3 Å². The predicted octanol–water partition coefficient (Wildman–Crippen LogP) is 2.92. The van der Waals surface area contributed by atoms with E-state index in [9.17, 15) is 4.79 Å². The van der Waals surface area contributed by atoms with E-state index < -0.39 is 5.60 Å². The molecule has 0 atom stereocenters. The first-order chi connectivity index (χ1) is 11.7. The molecule has 0 bridgehead atoms. The molecule has 0 fully saturated rings. The van der Waals surface area contributed by atoms with Crippen molar-refractivity contribution >= 4 is 12.1 Å². The van der Waals surface area contributed by atoms with Crippen molar-refractivity contribution in [3.05, 3.63) is 35.4 Å². The molecule has 1 aromatic rings. The number of carbonyl (C=O) groups excluding carboxylic acids is 1. The molecule has 0 radical (unpaired) electrons. The van der Waals surface area contributed by atoms with E-state index >= 15 is 0 Å². The molecule has 6 heteroatoms. The average molecular weight is 348 g/mol. The highest BCUT2D eigenvalue weighted by Crippen LogP contribution is 2.07. The van der Waals surface area contributed by atoms with Crippen molar-refractivity contribution < 1.29 is 9.53 Å². The molecule has 0 saturated carbocycles. The van der Waals surface area contributed by atoms with Gasteiger partial charge in [-0.15, -0.1) is 0 Å². The van der Waals surface area contributed by atoms with Gasteiger partial charge in [0.15, 0.2) is 5.96 Å². The van der Waals surface area contributed by atoms with E-state index in [2.05, 4.69) is 51.7 Å². The second kappa shape index (κ2) is 9.91. The van der Waals surface area contributed by atoms with Crippen LogP contribution in [-0.4, -0.2) is 49.7 Å². The highest BCUT2D eigenvalue weighted by atomic mass is 16.6. The summed E-state index contributed by atoms with van der Waals surface area (Å²) < 4.78 is 5.20. The molecule has 0 aromatic heterocycles. The van der Waals surface area contributed by atoms with Gasteiger partial charge in [0.25, 0.3) is 0 Å². The van der Waals surface area contributed by atoms with Crippen LogP contribution in [0, 0.1) is 6.92 Å². The summed E-state index contributed by atoms with van der Waals surface area (Å²) in [5.41, 5.74) is 2.03. The molecule has 0 spiro atoms. The molecule has 0 saturated heterocycles. The topological polar surface area (TPSA) is 66.0 Å². The number of rotatable bonds is 6. The number of benzene rings is 1. The first-order valence-corrected chi connectivity index (χ1v) is 8.65. The Balaban J connectivity index is 2.29. The number of carbonyl (C=O) groups is 1. The zero-order chi connectivity index (χ0) is 18.9. The van der Waals surface area contributed by atoms with Crippen molar-refractivity contribution in [2.75, 3.05) is 27.2 Å². The lowest BCUT2D eigenvalue weighted by Gasteiger charge is -2.22. The zero-order valence-corrected chi connectivity index (χ0v) is 16.3. The summed E-state index contributed by atoms with van der Waals surface area (Å²) in [5, 5.41) is 6.06. The van der Waals surface area contributed by atoms with Gasteiger partial charge in [0.05, 0.1) is 0 Å². The second-order valence-corrected chi connectivity index (χ2v) is 7.10. The van der Waals surface area contributed by atoms with Crippen molar-refractivity contribution in [3.8, 4) is 0 Å². The van der Waals surface area contributed by atoms with Gasteiger partial charge in [0.1, 0.15) is 5.60 Å². The lowest BCUT2D eigenvalue weighted by molar-refractivity contribution is 0.0527. The molecule has 1 aromatic carbocycles. The number of guanidine groups is 1. The fourth-order valence-electron chi connectivity index (χ4n) is 2.22. The van der Waals surface area contributed by atoms with E-state index in [1.54, 1.807) is 7.05 Å². The number of ether oxygens (including phenoxy) is 1. The average Bonchev–Trinajstić information content (AvgIpc) is 2.51. The predicted molar refractivity (Wildman–Crippen MR) is 103 cm³/mol. The summed E-state index contributed by atoms with van der Waals surface area (Å²) in [6.45, 7) is 9.70. The number of hydrogen-bond acceptors (Lipinski definition) is 3. The number of aliphatic imine (C=N–C) groups is 1. The molecule has 6 nitrogen and oxygen atoms in total. The van der Waals surface area contributed by atoms with Crippen LogP contribution in [0.15, 0.2) is 29.3 Å². The van der Waals surface area contributed by atoms with Crippen molar-refractivity contribution in [3.63, 3.8) is 0 Å². The number of nitrogens with one attached hydrogen (secondary N) is 2. The Morgan fingerprint density at radius 3 is 2.32 bits per heavy atom. The van der Waals surface area contributed by atoms with Crippen molar-refractivity contribution in [2.24, 2.45) is 4.99 Å². The van der Waals surface area contributed by atoms with Crippen molar-refractivity contribution in [2.45, 2.75) is 46.3 Å². The lowest BCUT2D eigenvalue weighted by Crippen LogP contribution is -2.40. The van der Waals surface area contributed by atoms with E-state index in [1.165, 1.54) is 11.1 Å². The van der Waals surface area contributed by atoms with E-state index in [0.717, 1.165) is 25.5 Å². The Hall–Kier alpha value is -2.24. The molecule has 0 aliphatic carbocycles. The fraction of sp³-hybridized carbons (Fsp3) is 0.579.